The van der Waals surface area contributed by atoms with E-state index in [0.29, 0.717) is 17.4 Å². The first-order valence-corrected chi connectivity index (χ1v) is 7.96. The van der Waals surface area contributed by atoms with Gasteiger partial charge in [-0.1, -0.05) is 48.7 Å². The van der Waals surface area contributed by atoms with Crippen molar-refractivity contribution < 1.29 is 4.79 Å². The van der Waals surface area contributed by atoms with E-state index >= 15 is 0 Å². The van der Waals surface area contributed by atoms with Gasteiger partial charge in [-0.05, 0) is 33.9 Å². The molecule has 118 valence electrons. The number of aliphatic imine (C=N–C) groups is 1. The van der Waals surface area contributed by atoms with Gasteiger partial charge in [-0.15, -0.1) is 0 Å². The maximum atomic E-state index is 12.9. The Bertz CT molecular complexity index is 825. The molecule has 2 heterocycles. The molecule has 0 N–H and O–H groups in total. The first kappa shape index (κ1) is 14.5. The average Bonchev–Trinajstić information content (AvgIpc) is 2.92. The van der Waals surface area contributed by atoms with E-state index in [1.165, 1.54) is 0 Å². The molecular weight excluding hydrogens is 314 g/mol. The summed E-state index contributed by atoms with van der Waals surface area (Å²) in [4.78, 5) is 17.4. The van der Waals surface area contributed by atoms with E-state index in [9.17, 15) is 4.79 Å². The Balaban J connectivity index is 1.91. The van der Waals surface area contributed by atoms with Crippen LogP contribution in [0.5, 0.6) is 0 Å². The molecule has 0 amide bonds. The van der Waals surface area contributed by atoms with Crippen LogP contribution < -0.4 is 0 Å². The molecule has 1 aromatic heterocycles. The molecule has 7 heteroatoms. The molecule has 1 aliphatic heterocycles. The number of hydrogen-bond acceptors (Lipinski definition) is 5. The number of carbonyl (C=O) groups excluding carboxylic acids is 1. The molecule has 4 rings (SSSR count). The van der Waals surface area contributed by atoms with Crippen molar-refractivity contribution in [1.29, 1.82) is 0 Å². The molecule has 1 fully saturated rings. The van der Waals surface area contributed by atoms with Crippen LogP contribution >= 0.6 is 11.6 Å². The van der Waals surface area contributed by atoms with E-state index in [1.54, 1.807) is 4.68 Å². The van der Waals surface area contributed by atoms with E-state index in [2.05, 4.69) is 34.4 Å². The number of benzene rings is 1. The Morgan fingerprint density at radius 1 is 1.26 bits per heavy atom. The van der Waals surface area contributed by atoms with Crippen molar-refractivity contribution in [2.45, 2.75) is 32.7 Å². The van der Waals surface area contributed by atoms with Crippen molar-refractivity contribution in [2.75, 3.05) is 0 Å². The Morgan fingerprint density at radius 3 is 2.83 bits per heavy atom. The highest BCUT2D eigenvalue weighted by Gasteiger charge is 2.47. The van der Waals surface area contributed by atoms with Crippen molar-refractivity contribution >= 4 is 29.0 Å². The maximum absolute atomic E-state index is 12.9. The van der Waals surface area contributed by atoms with Crippen LogP contribution in [0.3, 0.4) is 0 Å². The Hall–Kier alpha value is -2.08. The Kier molecular flexibility index (Phi) is 3.13. The number of aromatic nitrogens is 4. The standard InChI is InChI=1S/C16H16ClN5O/c1-16(2)7-11-13(12(23)8-16)14(9-5-3-4-6-10(9)17)22-15(18-11)19-20-21-22/h3-6,13-14H,7-8H2,1-2H3. The first-order chi connectivity index (χ1) is 11.0. The number of carbonyl (C=O) groups is 1. The third-order valence-electron chi connectivity index (χ3n) is 4.54. The first-order valence-electron chi connectivity index (χ1n) is 7.59. The molecule has 0 saturated heterocycles. The summed E-state index contributed by atoms with van der Waals surface area (Å²) in [7, 11) is 0. The highest BCUT2D eigenvalue weighted by atomic mass is 35.5. The summed E-state index contributed by atoms with van der Waals surface area (Å²) in [6.07, 6.45) is 1.28. The van der Waals surface area contributed by atoms with Crippen LogP contribution in [0.2, 0.25) is 5.02 Å². The molecular formula is C16H16ClN5O. The molecule has 0 spiro atoms. The SMILES string of the molecule is CC1(C)CC(=O)C2C(=Nc3nnnn3C2c2ccccc2Cl)C1. The number of halogens is 1. The average molecular weight is 330 g/mol. The molecule has 2 atom stereocenters. The van der Waals surface area contributed by atoms with Gasteiger partial charge < -0.3 is 0 Å². The summed E-state index contributed by atoms with van der Waals surface area (Å²) in [5.41, 5.74) is 1.62. The largest absolute Gasteiger partial charge is 0.299 e. The van der Waals surface area contributed by atoms with Crippen LogP contribution in [-0.4, -0.2) is 31.7 Å². The molecule has 1 aliphatic carbocycles. The van der Waals surface area contributed by atoms with Crippen molar-refractivity contribution in [3.05, 3.63) is 34.9 Å². The van der Waals surface area contributed by atoms with Gasteiger partial charge in [-0.2, -0.15) is 0 Å². The smallest absolute Gasteiger partial charge is 0.269 e. The molecule has 2 aromatic rings. The van der Waals surface area contributed by atoms with Crippen LogP contribution in [0.4, 0.5) is 5.95 Å². The number of tetrazole rings is 1. The molecule has 2 unspecified atom stereocenters. The summed E-state index contributed by atoms with van der Waals surface area (Å²) in [6, 6.07) is 7.20. The summed E-state index contributed by atoms with van der Waals surface area (Å²) < 4.78 is 1.62. The number of hydrogen-bond donors (Lipinski definition) is 0. The zero-order chi connectivity index (χ0) is 16.2. The Morgan fingerprint density at radius 2 is 2.04 bits per heavy atom. The van der Waals surface area contributed by atoms with E-state index in [1.807, 2.05) is 24.3 Å². The predicted octanol–water partition coefficient (Wildman–Crippen LogP) is 3.01. The highest BCUT2D eigenvalue weighted by Crippen LogP contribution is 2.45. The summed E-state index contributed by atoms with van der Waals surface area (Å²) in [5, 5.41) is 12.4. The molecule has 0 bridgehead atoms. The lowest BCUT2D eigenvalue weighted by Crippen LogP contribution is -2.44. The minimum absolute atomic E-state index is 0.0902. The second-order valence-electron chi connectivity index (χ2n) is 6.95. The van der Waals surface area contributed by atoms with Crippen molar-refractivity contribution in [3.63, 3.8) is 0 Å². The third-order valence-corrected chi connectivity index (χ3v) is 4.88. The minimum atomic E-state index is -0.348. The van der Waals surface area contributed by atoms with Gasteiger partial charge in [-0.25, -0.2) is 9.67 Å². The van der Waals surface area contributed by atoms with Crippen molar-refractivity contribution in [1.82, 2.24) is 20.2 Å². The molecule has 1 saturated carbocycles. The van der Waals surface area contributed by atoms with E-state index in [4.69, 9.17) is 11.6 Å². The molecule has 23 heavy (non-hydrogen) atoms. The summed E-state index contributed by atoms with van der Waals surface area (Å²) in [6.45, 7) is 4.18. The fraction of sp³-hybridized carbons (Fsp3) is 0.438. The zero-order valence-corrected chi connectivity index (χ0v) is 13.7. The van der Waals surface area contributed by atoms with Gasteiger partial charge in [0.2, 0.25) is 0 Å². The molecule has 0 radical (unpaired) electrons. The van der Waals surface area contributed by atoms with E-state index < -0.39 is 0 Å². The number of ketones is 1. The molecule has 2 aliphatic rings. The van der Waals surface area contributed by atoms with Crippen molar-refractivity contribution in [3.8, 4) is 0 Å². The normalized spacial score (nSPS) is 25.5. The second kappa shape index (κ2) is 4.96. The lowest BCUT2D eigenvalue weighted by atomic mass is 9.67. The minimum Gasteiger partial charge on any atom is -0.299 e. The van der Waals surface area contributed by atoms with Gasteiger partial charge in [0.05, 0.1) is 12.0 Å². The highest BCUT2D eigenvalue weighted by molar-refractivity contribution is 6.31. The van der Waals surface area contributed by atoms with Crippen molar-refractivity contribution in [2.24, 2.45) is 16.3 Å². The molecule has 6 nitrogen and oxygen atoms in total. The van der Waals surface area contributed by atoms with Gasteiger partial charge in [0.15, 0.2) is 0 Å². The number of Topliss-reactive ketones (excluding diaryl/α,β-unsaturated/α-hetero) is 1. The number of fused-ring (bicyclic) bond motifs is 2. The fourth-order valence-corrected chi connectivity index (χ4v) is 3.88. The number of nitrogens with zero attached hydrogens (tertiary/aromatic N) is 5. The van der Waals surface area contributed by atoms with Gasteiger partial charge in [0, 0.05) is 17.2 Å². The Labute approximate surface area is 138 Å². The maximum Gasteiger partial charge on any atom is 0.269 e. The van der Waals surface area contributed by atoms with Crippen LogP contribution in [0.1, 0.15) is 38.3 Å². The lowest BCUT2D eigenvalue weighted by Gasteiger charge is -2.39. The molecule has 1 aromatic carbocycles. The predicted molar refractivity (Wildman–Crippen MR) is 86.0 cm³/mol. The summed E-state index contributed by atoms with van der Waals surface area (Å²) >= 11 is 6.39. The lowest BCUT2D eigenvalue weighted by molar-refractivity contribution is -0.124. The van der Waals surface area contributed by atoms with Gasteiger partial charge in [-0.3, -0.25) is 4.79 Å². The van der Waals surface area contributed by atoms with Crippen LogP contribution in [-0.2, 0) is 4.79 Å². The van der Waals surface area contributed by atoms with Gasteiger partial charge in [0.1, 0.15) is 5.78 Å². The van der Waals surface area contributed by atoms with Gasteiger partial charge in [0.25, 0.3) is 5.95 Å². The topological polar surface area (TPSA) is 73.0 Å². The third kappa shape index (κ3) is 2.28. The summed E-state index contributed by atoms with van der Waals surface area (Å²) in [5.74, 6) is 0.261. The van der Waals surface area contributed by atoms with Crippen LogP contribution in [0.25, 0.3) is 0 Å². The fourth-order valence-electron chi connectivity index (χ4n) is 3.64. The van der Waals surface area contributed by atoms with Crippen LogP contribution in [0, 0.1) is 11.3 Å². The zero-order valence-electron chi connectivity index (χ0n) is 12.9. The number of rotatable bonds is 1. The quantitative estimate of drug-likeness (QED) is 0.806. The second-order valence-corrected chi connectivity index (χ2v) is 7.36. The van der Waals surface area contributed by atoms with E-state index in [-0.39, 0.29) is 23.2 Å². The van der Waals surface area contributed by atoms with E-state index in [0.717, 1.165) is 17.7 Å². The van der Waals surface area contributed by atoms with Crippen LogP contribution in [0.15, 0.2) is 29.3 Å². The van der Waals surface area contributed by atoms with Gasteiger partial charge >= 0.3 is 0 Å². The monoisotopic (exact) mass is 329 g/mol.